The smallest absolute Gasteiger partial charge is 0.119 e. The molecule has 0 bridgehead atoms. The molecule has 0 amide bonds. The molecule has 2 aromatic carbocycles. The molecule has 4 nitrogen and oxygen atoms in total. The van der Waals surface area contributed by atoms with Crippen LogP contribution in [-0.2, 0) is 12.0 Å². The fourth-order valence-corrected chi connectivity index (χ4v) is 5.12. The Labute approximate surface area is 201 Å². The summed E-state index contributed by atoms with van der Waals surface area (Å²) in [5, 5.41) is 13.9. The molecule has 182 valence electrons. The number of nitrogens with one attached hydrogen (secondary N) is 1. The van der Waals surface area contributed by atoms with Gasteiger partial charge < -0.3 is 15.2 Å². The summed E-state index contributed by atoms with van der Waals surface area (Å²) in [4.78, 5) is 2.51. The number of piperidine rings is 1. The van der Waals surface area contributed by atoms with Gasteiger partial charge in [-0.25, -0.2) is 0 Å². The molecule has 0 aromatic heterocycles. The maximum atomic E-state index is 10.4. The summed E-state index contributed by atoms with van der Waals surface area (Å²) in [5.74, 6) is 0.818. The summed E-state index contributed by atoms with van der Waals surface area (Å²) in [6, 6.07) is 19.5. The van der Waals surface area contributed by atoms with E-state index in [2.05, 4.69) is 87.3 Å². The molecule has 1 unspecified atom stereocenters. The molecule has 33 heavy (non-hydrogen) atoms. The maximum Gasteiger partial charge on any atom is 0.119 e. The molecule has 0 aliphatic carbocycles. The van der Waals surface area contributed by atoms with E-state index in [0.717, 1.165) is 44.6 Å². The molecule has 1 aliphatic heterocycles. The van der Waals surface area contributed by atoms with Crippen LogP contribution in [-0.4, -0.2) is 48.4 Å². The average Bonchev–Trinajstić information content (AvgIpc) is 2.77. The van der Waals surface area contributed by atoms with Gasteiger partial charge in [-0.2, -0.15) is 0 Å². The van der Waals surface area contributed by atoms with Crippen molar-refractivity contribution in [3.63, 3.8) is 0 Å². The Kier molecular flexibility index (Phi) is 8.97. The second-order valence-electron chi connectivity index (χ2n) is 11.6. The summed E-state index contributed by atoms with van der Waals surface area (Å²) in [7, 11) is 0. The first-order valence-electron chi connectivity index (χ1n) is 12.5. The quantitative estimate of drug-likeness (QED) is 0.507. The van der Waals surface area contributed by atoms with E-state index in [0.29, 0.717) is 19.2 Å². The van der Waals surface area contributed by atoms with Crippen molar-refractivity contribution in [2.75, 3.05) is 26.2 Å². The van der Waals surface area contributed by atoms with Gasteiger partial charge in [-0.1, -0.05) is 77.1 Å². The van der Waals surface area contributed by atoms with Crippen molar-refractivity contribution in [3.05, 3.63) is 65.7 Å². The topological polar surface area (TPSA) is 44.7 Å². The van der Waals surface area contributed by atoms with Crippen LogP contribution in [0.25, 0.3) is 0 Å². The van der Waals surface area contributed by atoms with Crippen molar-refractivity contribution < 1.29 is 9.84 Å². The molecule has 1 atom stereocenters. The van der Waals surface area contributed by atoms with Gasteiger partial charge >= 0.3 is 0 Å². The van der Waals surface area contributed by atoms with E-state index in [4.69, 9.17) is 4.74 Å². The Hall–Kier alpha value is -1.88. The first-order valence-corrected chi connectivity index (χ1v) is 12.5. The Bertz CT molecular complexity index is 819. The van der Waals surface area contributed by atoms with E-state index in [-0.39, 0.29) is 10.8 Å². The molecule has 3 rings (SSSR count). The minimum atomic E-state index is -0.510. The predicted octanol–water partition coefficient (Wildman–Crippen LogP) is 5.39. The zero-order valence-corrected chi connectivity index (χ0v) is 21.3. The number of likely N-dealkylation sites (tertiary alicyclic amines) is 1. The van der Waals surface area contributed by atoms with Crippen molar-refractivity contribution >= 4 is 0 Å². The standard InChI is InChI=1S/C29H44N2O2/c1-28(2,3)22-29(4,5)24-11-13-27(14-12-24)33-21-26(32)19-30-25-15-17-31(18-16-25)20-23-9-7-6-8-10-23/h6-14,25-26,30,32H,15-22H2,1-5H3. The van der Waals surface area contributed by atoms with Gasteiger partial charge in [-0.05, 0) is 66.4 Å². The van der Waals surface area contributed by atoms with Crippen LogP contribution in [0, 0.1) is 5.41 Å². The lowest BCUT2D eigenvalue weighted by molar-refractivity contribution is 0.0979. The van der Waals surface area contributed by atoms with Crippen molar-refractivity contribution in [3.8, 4) is 5.75 Å². The van der Waals surface area contributed by atoms with Crippen LogP contribution in [0.15, 0.2) is 54.6 Å². The molecule has 0 spiro atoms. The summed E-state index contributed by atoms with van der Waals surface area (Å²) in [6.07, 6.45) is 2.85. The van der Waals surface area contributed by atoms with Crippen molar-refractivity contribution in [1.29, 1.82) is 0 Å². The Balaban J connectivity index is 1.35. The van der Waals surface area contributed by atoms with Gasteiger partial charge in [0.25, 0.3) is 0 Å². The lowest BCUT2D eigenvalue weighted by atomic mass is 9.72. The van der Waals surface area contributed by atoms with Crippen LogP contribution in [0.3, 0.4) is 0 Å². The van der Waals surface area contributed by atoms with Crippen molar-refractivity contribution in [1.82, 2.24) is 10.2 Å². The third kappa shape index (κ3) is 8.77. The summed E-state index contributed by atoms with van der Waals surface area (Å²) < 4.78 is 5.86. The average molecular weight is 453 g/mol. The number of hydrogen-bond acceptors (Lipinski definition) is 4. The summed E-state index contributed by atoms with van der Waals surface area (Å²) in [5.41, 5.74) is 3.11. The molecule has 4 heteroatoms. The van der Waals surface area contributed by atoms with Gasteiger partial charge in [0.05, 0.1) is 0 Å². The second kappa shape index (κ2) is 11.5. The molecule has 1 heterocycles. The van der Waals surface area contributed by atoms with E-state index >= 15 is 0 Å². The highest BCUT2D eigenvalue weighted by molar-refractivity contribution is 5.31. The lowest BCUT2D eigenvalue weighted by Crippen LogP contribution is -2.45. The van der Waals surface area contributed by atoms with Gasteiger partial charge in [0.1, 0.15) is 18.5 Å². The van der Waals surface area contributed by atoms with Crippen LogP contribution in [0.4, 0.5) is 0 Å². The van der Waals surface area contributed by atoms with Crippen LogP contribution in [0.2, 0.25) is 0 Å². The molecular formula is C29H44N2O2. The van der Waals surface area contributed by atoms with Crippen LogP contribution >= 0.6 is 0 Å². The Morgan fingerprint density at radius 2 is 1.61 bits per heavy atom. The Morgan fingerprint density at radius 1 is 0.970 bits per heavy atom. The zero-order chi connectivity index (χ0) is 23.9. The zero-order valence-electron chi connectivity index (χ0n) is 21.3. The number of aliphatic hydroxyl groups excluding tert-OH is 1. The van der Waals surface area contributed by atoms with E-state index in [1.807, 2.05) is 12.1 Å². The normalized spacial score (nSPS) is 17.2. The molecule has 0 saturated carbocycles. The fraction of sp³-hybridized carbons (Fsp3) is 0.586. The van der Waals surface area contributed by atoms with Gasteiger partial charge in [0.15, 0.2) is 0 Å². The SMILES string of the molecule is CC(C)(C)CC(C)(C)c1ccc(OCC(O)CNC2CCN(Cc3ccccc3)CC2)cc1. The molecule has 1 saturated heterocycles. The van der Waals surface area contributed by atoms with Crippen molar-refractivity contribution in [2.45, 2.75) is 78.0 Å². The third-order valence-corrected chi connectivity index (χ3v) is 6.53. The van der Waals surface area contributed by atoms with Crippen LogP contribution in [0.5, 0.6) is 5.75 Å². The number of nitrogens with zero attached hydrogens (tertiary/aromatic N) is 1. The van der Waals surface area contributed by atoms with E-state index in [1.165, 1.54) is 11.1 Å². The van der Waals surface area contributed by atoms with E-state index in [9.17, 15) is 5.11 Å². The largest absolute Gasteiger partial charge is 0.491 e. The Morgan fingerprint density at radius 3 is 2.21 bits per heavy atom. The first kappa shape index (κ1) is 25.7. The highest BCUT2D eigenvalue weighted by Crippen LogP contribution is 2.36. The van der Waals surface area contributed by atoms with Crippen LogP contribution < -0.4 is 10.1 Å². The monoisotopic (exact) mass is 452 g/mol. The molecule has 0 radical (unpaired) electrons. The number of benzene rings is 2. The van der Waals surface area contributed by atoms with Gasteiger partial charge in [0.2, 0.25) is 0 Å². The molecule has 1 fully saturated rings. The third-order valence-electron chi connectivity index (χ3n) is 6.53. The fourth-order valence-electron chi connectivity index (χ4n) is 5.12. The van der Waals surface area contributed by atoms with Gasteiger partial charge in [-0.3, -0.25) is 4.90 Å². The lowest BCUT2D eigenvalue weighted by Gasteiger charge is -2.33. The van der Waals surface area contributed by atoms with Crippen LogP contribution in [0.1, 0.15) is 65.0 Å². The number of ether oxygens (including phenoxy) is 1. The first-order chi connectivity index (χ1) is 15.6. The van der Waals surface area contributed by atoms with Gasteiger partial charge in [0, 0.05) is 19.1 Å². The number of rotatable bonds is 10. The maximum absolute atomic E-state index is 10.4. The number of hydrogen-bond donors (Lipinski definition) is 2. The molecule has 2 N–H and O–H groups in total. The minimum Gasteiger partial charge on any atom is -0.491 e. The summed E-state index contributed by atoms with van der Waals surface area (Å²) in [6.45, 7) is 15.6. The summed E-state index contributed by atoms with van der Waals surface area (Å²) >= 11 is 0. The van der Waals surface area contributed by atoms with E-state index < -0.39 is 6.10 Å². The van der Waals surface area contributed by atoms with Gasteiger partial charge in [-0.15, -0.1) is 0 Å². The molecule has 1 aliphatic rings. The highest BCUT2D eigenvalue weighted by atomic mass is 16.5. The number of aliphatic hydroxyl groups is 1. The minimum absolute atomic E-state index is 0.122. The van der Waals surface area contributed by atoms with Crippen molar-refractivity contribution in [2.24, 2.45) is 5.41 Å². The predicted molar refractivity (Wildman–Crippen MR) is 138 cm³/mol. The molecular weight excluding hydrogens is 408 g/mol. The highest BCUT2D eigenvalue weighted by Gasteiger charge is 2.27. The molecule has 2 aromatic rings. The second-order valence-corrected chi connectivity index (χ2v) is 11.6. The van der Waals surface area contributed by atoms with E-state index in [1.54, 1.807) is 0 Å².